The van der Waals surface area contributed by atoms with Gasteiger partial charge in [-0.1, -0.05) is 5.21 Å². The molecule has 3 rings (SSSR count). The minimum Gasteiger partial charge on any atom is -0.477 e. The van der Waals surface area contributed by atoms with E-state index in [2.05, 4.69) is 30.6 Å². The summed E-state index contributed by atoms with van der Waals surface area (Å²) in [6.07, 6.45) is 8.09. The minimum absolute atomic E-state index is 0.236. The predicted molar refractivity (Wildman–Crippen MR) is 86.7 cm³/mol. The van der Waals surface area contributed by atoms with Gasteiger partial charge in [-0.05, 0) is 6.92 Å². The summed E-state index contributed by atoms with van der Waals surface area (Å²) in [6.45, 7) is 3.38. The quantitative estimate of drug-likeness (QED) is 0.681. The van der Waals surface area contributed by atoms with E-state index in [-0.39, 0.29) is 5.91 Å². The maximum atomic E-state index is 12.1. The Balaban J connectivity index is 1.62. The highest BCUT2D eigenvalue weighted by Gasteiger charge is 2.13. The van der Waals surface area contributed by atoms with E-state index >= 15 is 0 Å². The number of amides is 1. The van der Waals surface area contributed by atoms with Crippen LogP contribution < -0.4 is 10.1 Å². The number of thiazole rings is 1. The van der Waals surface area contributed by atoms with Gasteiger partial charge in [0, 0.05) is 18.9 Å². The molecule has 10 heteroatoms. The number of carbonyl (C=O) groups is 1. The fourth-order valence-electron chi connectivity index (χ4n) is 1.89. The fourth-order valence-corrected chi connectivity index (χ4v) is 2.68. The lowest BCUT2D eigenvalue weighted by Gasteiger charge is -2.03. The molecule has 0 atom stereocenters. The number of ether oxygens (including phenoxy) is 1. The maximum Gasteiger partial charge on any atom is 0.280 e. The zero-order chi connectivity index (χ0) is 16.8. The van der Waals surface area contributed by atoms with Gasteiger partial charge in [-0.25, -0.2) is 9.97 Å². The Bertz CT molecular complexity index is 803. The molecule has 0 aliphatic heterocycles. The van der Waals surface area contributed by atoms with Crippen LogP contribution in [0.2, 0.25) is 0 Å². The molecule has 0 fully saturated rings. The zero-order valence-electron chi connectivity index (χ0n) is 12.9. The topological polar surface area (TPSA) is 108 Å². The second-order valence-electron chi connectivity index (χ2n) is 4.63. The van der Waals surface area contributed by atoms with E-state index in [9.17, 15) is 4.79 Å². The Labute approximate surface area is 141 Å². The fraction of sp³-hybridized carbons (Fsp3) is 0.286. The van der Waals surface area contributed by atoms with Crippen LogP contribution in [-0.2, 0) is 6.54 Å². The largest absolute Gasteiger partial charge is 0.477 e. The highest BCUT2D eigenvalue weighted by atomic mass is 32.1. The van der Waals surface area contributed by atoms with E-state index in [1.54, 1.807) is 35.7 Å². The highest BCUT2D eigenvalue weighted by Crippen LogP contribution is 2.25. The molecule has 0 aromatic carbocycles. The van der Waals surface area contributed by atoms with Crippen molar-refractivity contribution in [2.24, 2.45) is 0 Å². The van der Waals surface area contributed by atoms with Crippen LogP contribution in [0, 0.1) is 0 Å². The number of aromatic nitrogens is 6. The third-order valence-corrected chi connectivity index (χ3v) is 3.97. The SMILES string of the molecule is CCOc1cncc(-c2cnc(C(=O)NCCn3ccnn3)s2)n1. The van der Waals surface area contributed by atoms with Gasteiger partial charge in [-0.15, -0.1) is 16.4 Å². The smallest absolute Gasteiger partial charge is 0.280 e. The van der Waals surface area contributed by atoms with Crippen molar-refractivity contribution in [2.45, 2.75) is 13.5 Å². The second-order valence-corrected chi connectivity index (χ2v) is 5.66. The third-order valence-electron chi connectivity index (χ3n) is 2.96. The van der Waals surface area contributed by atoms with Gasteiger partial charge in [0.15, 0.2) is 5.01 Å². The minimum atomic E-state index is -0.236. The van der Waals surface area contributed by atoms with Crippen LogP contribution in [0.15, 0.2) is 31.0 Å². The van der Waals surface area contributed by atoms with Gasteiger partial charge in [-0.3, -0.25) is 14.5 Å². The molecule has 3 aromatic heterocycles. The summed E-state index contributed by atoms with van der Waals surface area (Å²) in [4.78, 5) is 25.4. The van der Waals surface area contributed by atoms with Crippen LogP contribution in [-0.4, -0.2) is 49.0 Å². The van der Waals surface area contributed by atoms with Crippen LogP contribution in [0.25, 0.3) is 10.6 Å². The average Bonchev–Trinajstić information content (AvgIpc) is 3.27. The first kappa shape index (κ1) is 16.0. The number of nitrogens with zero attached hydrogens (tertiary/aromatic N) is 6. The van der Waals surface area contributed by atoms with Gasteiger partial charge in [-0.2, -0.15) is 0 Å². The lowest BCUT2D eigenvalue weighted by molar-refractivity contribution is 0.0951. The van der Waals surface area contributed by atoms with Crippen molar-refractivity contribution in [1.29, 1.82) is 0 Å². The van der Waals surface area contributed by atoms with E-state index in [1.165, 1.54) is 11.3 Å². The molecule has 9 nitrogen and oxygen atoms in total. The molecule has 1 N–H and O–H groups in total. The molecule has 0 aliphatic carbocycles. The summed E-state index contributed by atoms with van der Waals surface area (Å²) < 4.78 is 6.97. The summed E-state index contributed by atoms with van der Waals surface area (Å²) >= 11 is 1.25. The average molecular weight is 345 g/mol. The van der Waals surface area contributed by atoms with E-state index in [0.29, 0.717) is 36.3 Å². The number of carbonyl (C=O) groups excluding carboxylic acids is 1. The normalized spacial score (nSPS) is 10.5. The maximum absolute atomic E-state index is 12.1. The van der Waals surface area contributed by atoms with Gasteiger partial charge in [0.1, 0.15) is 5.69 Å². The number of hydrogen-bond acceptors (Lipinski definition) is 8. The Kier molecular flexibility index (Phi) is 5.06. The molecule has 0 saturated carbocycles. The molecule has 124 valence electrons. The van der Waals surface area contributed by atoms with Gasteiger partial charge < -0.3 is 10.1 Å². The molecule has 0 saturated heterocycles. The van der Waals surface area contributed by atoms with Crippen molar-refractivity contribution in [2.75, 3.05) is 13.2 Å². The first-order valence-electron chi connectivity index (χ1n) is 7.29. The lowest BCUT2D eigenvalue weighted by Crippen LogP contribution is -2.27. The van der Waals surface area contributed by atoms with Crippen LogP contribution in [0.1, 0.15) is 16.7 Å². The number of nitrogens with one attached hydrogen (secondary N) is 1. The monoisotopic (exact) mass is 345 g/mol. The molecular formula is C14H15N7O2S. The molecule has 3 heterocycles. The summed E-state index contributed by atoms with van der Waals surface area (Å²) in [6, 6.07) is 0. The Morgan fingerprint density at radius 1 is 1.38 bits per heavy atom. The molecule has 0 spiro atoms. The van der Waals surface area contributed by atoms with Gasteiger partial charge in [0.25, 0.3) is 5.91 Å². The summed E-state index contributed by atoms with van der Waals surface area (Å²) in [5.41, 5.74) is 0.625. The molecular weight excluding hydrogens is 330 g/mol. The first-order chi connectivity index (χ1) is 11.8. The second kappa shape index (κ2) is 7.59. The summed E-state index contributed by atoms with van der Waals surface area (Å²) in [5.74, 6) is 0.211. The van der Waals surface area contributed by atoms with Crippen molar-refractivity contribution >= 4 is 17.2 Å². The standard InChI is InChI=1S/C14H15N7O2S/c1-2-23-12-9-15-7-10(19-12)11-8-17-14(24-11)13(22)16-3-5-21-6-4-18-20-21/h4,6-9H,2-3,5H2,1H3,(H,16,22). The third kappa shape index (κ3) is 3.90. The molecule has 0 unspecified atom stereocenters. The van der Waals surface area contributed by atoms with Crippen molar-refractivity contribution in [3.63, 3.8) is 0 Å². The molecule has 3 aromatic rings. The zero-order valence-corrected chi connectivity index (χ0v) is 13.7. The van der Waals surface area contributed by atoms with E-state index in [4.69, 9.17) is 4.74 Å². The van der Waals surface area contributed by atoms with E-state index in [1.807, 2.05) is 6.92 Å². The van der Waals surface area contributed by atoms with Gasteiger partial charge in [0.05, 0.1) is 36.6 Å². The number of hydrogen-bond donors (Lipinski definition) is 1. The highest BCUT2D eigenvalue weighted by molar-refractivity contribution is 7.16. The van der Waals surface area contributed by atoms with Crippen LogP contribution >= 0.6 is 11.3 Å². The lowest BCUT2D eigenvalue weighted by atomic mass is 10.4. The van der Waals surface area contributed by atoms with Crippen molar-refractivity contribution in [3.05, 3.63) is 36.0 Å². The predicted octanol–water partition coefficient (Wildman–Crippen LogP) is 1.02. The first-order valence-corrected chi connectivity index (χ1v) is 8.11. The Hall–Kier alpha value is -2.88. The van der Waals surface area contributed by atoms with Crippen molar-refractivity contribution in [3.8, 4) is 16.5 Å². The molecule has 0 aliphatic rings. The van der Waals surface area contributed by atoms with Crippen molar-refractivity contribution in [1.82, 2.24) is 35.3 Å². The Morgan fingerprint density at radius 2 is 2.29 bits per heavy atom. The van der Waals surface area contributed by atoms with Crippen LogP contribution in [0.4, 0.5) is 0 Å². The molecule has 0 radical (unpaired) electrons. The Morgan fingerprint density at radius 3 is 3.08 bits per heavy atom. The van der Waals surface area contributed by atoms with Gasteiger partial charge in [0.2, 0.25) is 5.88 Å². The summed E-state index contributed by atoms with van der Waals surface area (Å²) in [7, 11) is 0. The number of rotatable bonds is 7. The summed E-state index contributed by atoms with van der Waals surface area (Å²) in [5, 5.41) is 10.7. The van der Waals surface area contributed by atoms with E-state index in [0.717, 1.165) is 4.88 Å². The van der Waals surface area contributed by atoms with E-state index < -0.39 is 0 Å². The molecule has 0 bridgehead atoms. The van der Waals surface area contributed by atoms with Gasteiger partial charge >= 0.3 is 0 Å². The van der Waals surface area contributed by atoms with Crippen LogP contribution in [0.5, 0.6) is 5.88 Å². The molecule has 24 heavy (non-hydrogen) atoms. The molecule has 1 amide bonds. The van der Waals surface area contributed by atoms with Crippen LogP contribution in [0.3, 0.4) is 0 Å². The van der Waals surface area contributed by atoms with Crippen molar-refractivity contribution < 1.29 is 9.53 Å².